The van der Waals surface area contributed by atoms with Crippen molar-refractivity contribution in [3.8, 4) is 0 Å². The minimum absolute atomic E-state index is 0.163. The van der Waals surface area contributed by atoms with E-state index in [0.29, 0.717) is 5.82 Å². The van der Waals surface area contributed by atoms with Gasteiger partial charge in [-0.15, -0.1) is 5.10 Å². The van der Waals surface area contributed by atoms with Gasteiger partial charge < -0.3 is 4.74 Å². The van der Waals surface area contributed by atoms with Crippen molar-refractivity contribution in [2.45, 2.75) is 37.1 Å². The van der Waals surface area contributed by atoms with Crippen molar-refractivity contribution >= 4 is 19.7 Å². The molecule has 1 N–H and O–H groups in total. The van der Waals surface area contributed by atoms with E-state index in [2.05, 4.69) is 15.2 Å². The molecule has 1 aromatic heterocycles. The molecular formula is C7H10ClN3O3S. The molecule has 0 aliphatic carbocycles. The molecule has 1 aliphatic rings. The molecular weight excluding hydrogens is 242 g/mol. The highest BCUT2D eigenvalue weighted by Gasteiger charge is 2.28. The van der Waals surface area contributed by atoms with Crippen molar-refractivity contribution in [1.82, 2.24) is 15.2 Å². The predicted molar refractivity (Wildman–Crippen MR) is 51.9 cm³/mol. The second-order valence-corrected chi connectivity index (χ2v) is 5.91. The van der Waals surface area contributed by atoms with Crippen molar-refractivity contribution in [3.05, 3.63) is 5.82 Å². The molecule has 0 radical (unpaired) electrons. The molecule has 0 saturated carbocycles. The Balaban J connectivity index is 2.21. The molecule has 1 fully saturated rings. The number of nitrogens with zero attached hydrogens (tertiary/aromatic N) is 2. The van der Waals surface area contributed by atoms with Crippen LogP contribution in [-0.2, 0) is 13.8 Å². The number of rotatable bonds is 2. The Kier molecular flexibility index (Phi) is 2.70. The smallest absolute Gasteiger partial charge is 0.298 e. The van der Waals surface area contributed by atoms with E-state index in [4.69, 9.17) is 15.4 Å². The van der Waals surface area contributed by atoms with Crippen molar-refractivity contribution in [2.75, 3.05) is 0 Å². The number of hydrogen-bond acceptors (Lipinski definition) is 5. The van der Waals surface area contributed by atoms with E-state index in [1.165, 1.54) is 0 Å². The summed E-state index contributed by atoms with van der Waals surface area (Å²) in [6.45, 7) is 1.95. The summed E-state index contributed by atoms with van der Waals surface area (Å²) in [7, 11) is 1.23. The van der Waals surface area contributed by atoms with Crippen LogP contribution >= 0.6 is 10.7 Å². The van der Waals surface area contributed by atoms with E-state index in [-0.39, 0.29) is 12.2 Å². The minimum Gasteiger partial charge on any atom is -0.367 e. The first-order valence-electron chi connectivity index (χ1n) is 4.49. The Bertz CT molecular complexity index is 458. The maximum atomic E-state index is 10.9. The fraction of sp³-hybridized carbons (Fsp3) is 0.714. The number of H-pyrrole nitrogens is 1. The monoisotopic (exact) mass is 251 g/mol. The third-order valence-corrected chi connectivity index (χ3v) is 3.27. The average Bonchev–Trinajstić information content (AvgIpc) is 2.69. The van der Waals surface area contributed by atoms with Crippen LogP contribution in [0.4, 0.5) is 0 Å². The first kappa shape index (κ1) is 10.8. The van der Waals surface area contributed by atoms with Crippen LogP contribution in [0.5, 0.6) is 0 Å². The second-order valence-electron chi connectivity index (χ2n) is 3.45. The zero-order chi connectivity index (χ0) is 11.1. The largest absolute Gasteiger partial charge is 0.367 e. The predicted octanol–water partition coefficient (Wildman–Crippen LogP) is 0.972. The molecule has 8 heteroatoms. The van der Waals surface area contributed by atoms with Gasteiger partial charge in [0.05, 0.1) is 6.10 Å². The lowest BCUT2D eigenvalue weighted by molar-refractivity contribution is 0.0504. The lowest BCUT2D eigenvalue weighted by Gasteiger charge is -2.06. The van der Waals surface area contributed by atoms with Gasteiger partial charge in [-0.3, -0.25) is 5.10 Å². The Labute approximate surface area is 91.4 Å². The molecule has 15 heavy (non-hydrogen) atoms. The van der Waals surface area contributed by atoms with Crippen LogP contribution in [0.15, 0.2) is 5.16 Å². The van der Waals surface area contributed by atoms with E-state index in [1.54, 1.807) is 0 Å². The summed E-state index contributed by atoms with van der Waals surface area (Å²) in [5.41, 5.74) is 0. The van der Waals surface area contributed by atoms with E-state index >= 15 is 0 Å². The van der Waals surface area contributed by atoms with Crippen LogP contribution in [0, 0.1) is 0 Å². The van der Waals surface area contributed by atoms with Crippen LogP contribution in [0.3, 0.4) is 0 Å². The highest BCUT2D eigenvalue weighted by atomic mass is 35.7. The standard InChI is InChI=1S/C7H10ClN3O3S/c1-4-2-3-5(14-4)6-9-7(11-10-6)15(8,12)13/h4-5H,2-3H2,1H3,(H,9,10,11). The molecule has 0 aromatic carbocycles. The zero-order valence-corrected chi connectivity index (χ0v) is 9.55. The molecule has 84 valence electrons. The van der Waals surface area contributed by atoms with Crippen LogP contribution < -0.4 is 0 Å². The van der Waals surface area contributed by atoms with Gasteiger partial charge >= 0.3 is 0 Å². The summed E-state index contributed by atoms with van der Waals surface area (Å²) in [5, 5.41) is 5.65. The topological polar surface area (TPSA) is 84.9 Å². The van der Waals surface area contributed by atoms with Gasteiger partial charge in [-0.1, -0.05) is 0 Å². The number of halogens is 1. The minimum atomic E-state index is -3.86. The van der Waals surface area contributed by atoms with Crippen molar-refractivity contribution in [1.29, 1.82) is 0 Å². The van der Waals surface area contributed by atoms with Crippen LogP contribution in [-0.4, -0.2) is 29.7 Å². The molecule has 2 heterocycles. The van der Waals surface area contributed by atoms with Crippen molar-refractivity contribution in [3.63, 3.8) is 0 Å². The molecule has 1 aromatic rings. The Hall–Kier alpha value is -0.660. The summed E-state index contributed by atoms with van der Waals surface area (Å²) >= 11 is 0. The fourth-order valence-corrected chi connectivity index (χ4v) is 2.08. The van der Waals surface area contributed by atoms with Gasteiger partial charge in [-0.05, 0) is 19.8 Å². The van der Waals surface area contributed by atoms with Gasteiger partial charge in [-0.2, -0.15) is 4.98 Å². The number of ether oxygens (including phenoxy) is 1. The van der Waals surface area contributed by atoms with Gasteiger partial charge in [0.1, 0.15) is 6.10 Å². The molecule has 0 bridgehead atoms. The Morgan fingerprint density at radius 1 is 1.53 bits per heavy atom. The van der Waals surface area contributed by atoms with Gasteiger partial charge in [0.15, 0.2) is 5.82 Å². The van der Waals surface area contributed by atoms with E-state index in [1.807, 2.05) is 6.92 Å². The van der Waals surface area contributed by atoms with E-state index in [9.17, 15) is 8.42 Å². The Morgan fingerprint density at radius 3 is 2.73 bits per heavy atom. The summed E-state index contributed by atoms with van der Waals surface area (Å²) < 4.78 is 27.3. The molecule has 2 unspecified atom stereocenters. The lowest BCUT2D eigenvalue weighted by Crippen LogP contribution is -2.03. The molecule has 0 amide bonds. The van der Waals surface area contributed by atoms with Crippen molar-refractivity contribution < 1.29 is 13.2 Å². The van der Waals surface area contributed by atoms with Crippen LogP contribution in [0.25, 0.3) is 0 Å². The first-order chi connectivity index (χ1) is 6.97. The first-order valence-corrected chi connectivity index (χ1v) is 6.80. The summed E-state index contributed by atoms with van der Waals surface area (Å²) in [6, 6.07) is 0. The van der Waals surface area contributed by atoms with E-state index in [0.717, 1.165) is 12.8 Å². The number of hydrogen-bond donors (Lipinski definition) is 1. The quantitative estimate of drug-likeness (QED) is 0.792. The maximum absolute atomic E-state index is 10.9. The summed E-state index contributed by atoms with van der Waals surface area (Å²) in [4.78, 5) is 3.79. The molecule has 2 rings (SSSR count). The third-order valence-electron chi connectivity index (χ3n) is 2.24. The van der Waals surface area contributed by atoms with Gasteiger partial charge in [0, 0.05) is 10.7 Å². The third kappa shape index (κ3) is 2.30. The van der Waals surface area contributed by atoms with Crippen LogP contribution in [0.2, 0.25) is 0 Å². The molecule has 1 aliphatic heterocycles. The van der Waals surface area contributed by atoms with Crippen LogP contribution in [0.1, 0.15) is 31.7 Å². The number of aromatic nitrogens is 3. The fourth-order valence-electron chi connectivity index (χ4n) is 1.51. The number of nitrogens with one attached hydrogen (secondary N) is 1. The number of aromatic amines is 1. The van der Waals surface area contributed by atoms with E-state index < -0.39 is 14.2 Å². The van der Waals surface area contributed by atoms with Crippen molar-refractivity contribution in [2.24, 2.45) is 0 Å². The normalized spacial score (nSPS) is 27.1. The lowest BCUT2D eigenvalue weighted by atomic mass is 10.2. The highest BCUT2D eigenvalue weighted by molar-refractivity contribution is 8.13. The molecule has 6 nitrogen and oxygen atoms in total. The average molecular weight is 252 g/mol. The van der Waals surface area contributed by atoms with Gasteiger partial charge in [0.25, 0.3) is 14.2 Å². The Morgan fingerprint density at radius 2 is 2.27 bits per heavy atom. The summed E-state index contributed by atoms with van der Waals surface area (Å²) in [5.74, 6) is 0.415. The molecule has 2 atom stereocenters. The zero-order valence-electron chi connectivity index (χ0n) is 7.97. The highest BCUT2D eigenvalue weighted by Crippen LogP contribution is 2.30. The SMILES string of the molecule is CC1CCC(c2nc(S(=O)(=O)Cl)n[nH]2)O1. The van der Waals surface area contributed by atoms with Gasteiger partial charge in [0.2, 0.25) is 0 Å². The maximum Gasteiger partial charge on any atom is 0.298 e. The molecule has 1 saturated heterocycles. The summed E-state index contributed by atoms with van der Waals surface area (Å²) in [6.07, 6.45) is 1.68. The van der Waals surface area contributed by atoms with Gasteiger partial charge in [-0.25, -0.2) is 8.42 Å². The molecule has 0 spiro atoms. The second kappa shape index (κ2) is 3.73.